The van der Waals surface area contributed by atoms with Crippen LogP contribution in [-0.2, 0) is 14.3 Å². The number of carbonyl (C=O) groups is 3. The van der Waals surface area contributed by atoms with Crippen LogP contribution in [0.25, 0.3) is 11.6 Å². The van der Waals surface area contributed by atoms with Gasteiger partial charge in [0, 0.05) is 68.6 Å². The second kappa shape index (κ2) is 13.1. The molecule has 0 bridgehead atoms. The summed E-state index contributed by atoms with van der Waals surface area (Å²) in [6.45, 7) is 7.28. The largest absolute Gasteiger partial charge is 0.465 e. The number of amides is 2. The Morgan fingerprint density at radius 3 is 2.26 bits per heavy atom. The molecule has 1 aliphatic carbocycles. The number of esters is 1. The van der Waals surface area contributed by atoms with Gasteiger partial charge in [0.05, 0.1) is 12.7 Å². The first kappa shape index (κ1) is 30.6. The van der Waals surface area contributed by atoms with Gasteiger partial charge in [-0.2, -0.15) is 0 Å². The molecule has 2 unspecified atom stereocenters. The van der Waals surface area contributed by atoms with Crippen LogP contribution in [-0.4, -0.2) is 79.4 Å². The highest BCUT2D eigenvalue weighted by molar-refractivity contribution is 6.09. The lowest BCUT2D eigenvalue weighted by Gasteiger charge is -2.41. The number of ether oxygens (including phenoxy) is 2. The third-order valence-corrected chi connectivity index (χ3v) is 7.38. The zero-order valence-corrected chi connectivity index (χ0v) is 24.9. The third-order valence-electron chi connectivity index (χ3n) is 7.38. The Hall–Kier alpha value is -4.40. The Bertz CT molecular complexity index is 1370. The molecule has 9 nitrogen and oxygen atoms in total. The molecule has 42 heavy (non-hydrogen) atoms. The van der Waals surface area contributed by atoms with Gasteiger partial charge in [0.1, 0.15) is 5.60 Å². The van der Waals surface area contributed by atoms with Gasteiger partial charge < -0.3 is 25.0 Å². The molecule has 0 aromatic heterocycles. The lowest BCUT2D eigenvalue weighted by atomic mass is 9.98. The monoisotopic (exact) mass is 572 g/mol. The molecule has 1 saturated heterocycles. The van der Waals surface area contributed by atoms with Crippen LogP contribution < -0.4 is 5.73 Å². The Labute approximate surface area is 247 Å². The first-order valence-electron chi connectivity index (χ1n) is 14.1. The number of hydrogen-bond acceptors (Lipinski definition) is 7. The fourth-order valence-corrected chi connectivity index (χ4v) is 5.09. The molecular weight excluding hydrogens is 532 g/mol. The van der Waals surface area contributed by atoms with E-state index in [9.17, 15) is 14.4 Å². The van der Waals surface area contributed by atoms with Crippen molar-refractivity contribution >= 4 is 35.8 Å². The molecule has 4 rings (SSSR count). The van der Waals surface area contributed by atoms with E-state index < -0.39 is 11.6 Å². The molecule has 2 aromatic carbocycles. The molecule has 2 aromatic rings. The highest BCUT2D eigenvalue weighted by atomic mass is 16.6. The van der Waals surface area contributed by atoms with Crippen molar-refractivity contribution in [2.45, 2.75) is 44.8 Å². The van der Waals surface area contributed by atoms with Crippen molar-refractivity contribution in [3.63, 3.8) is 0 Å². The van der Waals surface area contributed by atoms with Crippen molar-refractivity contribution in [1.82, 2.24) is 9.80 Å². The first-order valence-corrected chi connectivity index (χ1v) is 14.1. The molecule has 2 N–H and O–H groups in total. The molecule has 2 aliphatic rings. The summed E-state index contributed by atoms with van der Waals surface area (Å²) >= 11 is 0. The van der Waals surface area contributed by atoms with Crippen molar-refractivity contribution in [3.05, 3.63) is 83.1 Å². The minimum Gasteiger partial charge on any atom is -0.465 e. The van der Waals surface area contributed by atoms with Crippen LogP contribution in [0.1, 0.15) is 60.2 Å². The zero-order chi connectivity index (χ0) is 30.4. The maximum atomic E-state index is 13.3. The summed E-state index contributed by atoms with van der Waals surface area (Å²) in [6.07, 6.45) is 7.07. The smallest absolute Gasteiger partial charge is 0.410 e. The summed E-state index contributed by atoms with van der Waals surface area (Å²) in [7, 11) is 3.05. The number of carbonyl (C=O) groups excluding carboxylic acids is 3. The molecule has 222 valence electrons. The van der Waals surface area contributed by atoms with Crippen molar-refractivity contribution in [2.75, 3.05) is 33.8 Å². The predicted octanol–water partition coefficient (Wildman–Crippen LogP) is 4.74. The average molecular weight is 573 g/mol. The van der Waals surface area contributed by atoms with Gasteiger partial charge in [-0.3, -0.25) is 9.79 Å². The van der Waals surface area contributed by atoms with Gasteiger partial charge >= 0.3 is 12.1 Å². The Morgan fingerprint density at radius 1 is 1.05 bits per heavy atom. The van der Waals surface area contributed by atoms with E-state index in [0.29, 0.717) is 25.2 Å². The molecule has 2 atom stereocenters. The number of methoxy groups -OCH3 is 1. The van der Waals surface area contributed by atoms with Crippen LogP contribution >= 0.6 is 0 Å². The van der Waals surface area contributed by atoms with Crippen LogP contribution in [0.5, 0.6) is 0 Å². The molecule has 9 heteroatoms. The summed E-state index contributed by atoms with van der Waals surface area (Å²) in [4.78, 5) is 45.3. The van der Waals surface area contributed by atoms with Crippen molar-refractivity contribution in [1.29, 1.82) is 0 Å². The number of nitrogens with two attached hydrogens (primary N) is 1. The highest BCUT2D eigenvalue weighted by Gasteiger charge is 2.47. The normalized spacial score (nSPS) is 19.1. The summed E-state index contributed by atoms with van der Waals surface area (Å²) in [5.41, 5.74) is 9.41. The molecule has 1 aliphatic heterocycles. The Morgan fingerprint density at radius 2 is 1.69 bits per heavy atom. The zero-order valence-electron chi connectivity index (χ0n) is 24.9. The van der Waals surface area contributed by atoms with Crippen LogP contribution in [0.3, 0.4) is 0 Å². The number of rotatable bonds is 9. The van der Waals surface area contributed by atoms with Gasteiger partial charge in [-0.1, -0.05) is 36.4 Å². The maximum Gasteiger partial charge on any atom is 0.410 e. The second-order valence-electron chi connectivity index (χ2n) is 11.7. The minimum atomic E-state index is -0.603. The van der Waals surface area contributed by atoms with E-state index in [0.717, 1.165) is 28.7 Å². The Balaban J connectivity index is 1.35. The topological polar surface area (TPSA) is 115 Å². The molecule has 1 saturated carbocycles. The highest BCUT2D eigenvalue weighted by Crippen LogP contribution is 2.46. The quantitative estimate of drug-likeness (QED) is 0.264. The fourth-order valence-electron chi connectivity index (χ4n) is 5.09. The van der Waals surface area contributed by atoms with E-state index >= 15 is 0 Å². The lowest BCUT2D eigenvalue weighted by molar-refractivity contribution is -0.132. The lowest BCUT2D eigenvalue weighted by Crippen LogP contribution is -2.55. The minimum absolute atomic E-state index is 0.0463. The summed E-state index contributed by atoms with van der Waals surface area (Å²) in [6, 6.07) is 15.1. The van der Waals surface area contributed by atoms with Gasteiger partial charge in [-0.05, 0) is 62.1 Å². The molecule has 2 fully saturated rings. The Kier molecular flexibility index (Phi) is 9.50. The van der Waals surface area contributed by atoms with Gasteiger partial charge in [-0.25, -0.2) is 9.59 Å². The van der Waals surface area contributed by atoms with Gasteiger partial charge in [0.2, 0.25) is 5.91 Å². The third kappa shape index (κ3) is 7.66. The van der Waals surface area contributed by atoms with Gasteiger partial charge in [0.15, 0.2) is 0 Å². The van der Waals surface area contributed by atoms with Crippen LogP contribution in [0.2, 0.25) is 0 Å². The number of allylic oxidation sites excluding steroid dienone is 1. The molecule has 0 spiro atoms. The van der Waals surface area contributed by atoms with Crippen molar-refractivity contribution in [2.24, 2.45) is 16.6 Å². The standard InChI is InChI=1S/C33H40N4O5/c1-33(2,3)42-32(40)37(29-16-28(29)25-13-11-24(12-14-25)27(17-34)18-35-4)21-23-19-36(20-23)30(38)15-8-22-6-9-26(10-7-22)31(39)41-5/h6-15,17-18,23,28-29H,16,19-21,34H2,1-5H3/b15-8+,27-17?,35-18?. The van der Waals surface area contributed by atoms with Crippen LogP contribution in [0, 0.1) is 5.92 Å². The first-order chi connectivity index (χ1) is 20.0. The number of hydrogen-bond donors (Lipinski definition) is 1. The molecular formula is C33H40N4O5. The van der Waals surface area contributed by atoms with E-state index in [2.05, 4.69) is 17.1 Å². The van der Waals surface area contributed by atoms with E-state index in [1.165, 1.54) is 13.2 Å². The maximum absolute atomic E-state index is 13.3. The SMILES string of the molecule is CN=CC(=CN)c1ccc(C2CC2N(CC2CN(C(=O)/C=C/c3ccc(C(=O)OC)cc3)C2)C(=O)OC(C)(C)C)cc1. The van der Waals surface area contributed by atoms with E-state index in [1.54, 1.807) is 54.7 Å². The van der Waals surface area contributed by atoms with Crippen LogP contribution in [0.4, 0.5) is 4.79 Å². The van der Waals surface area contributed by atoms with E-state index in [-0.39, 0.29) is 29.9 Å². The van der Waals surface area contributed by atoms with Crippen molar-refractivity contribution < 1.29 is 23.9 Å². The predicted molar refractivity (Wildman–Crippen MR) is 164 cm³/mol. The molecule has 0 radical (unpaired) electrons. The fraction of sp³-hybridized carbons (Fsp3) is 0.394. The summed E-state index contributed by atoms with van der Waals surface area (Å²) in [5, 5.41) is 0. The van der Waals surface area contributed by atoms with Gasteiger partial charge in [0.25, 0.3) is 0 Å². The van der Waals surface area contributed by atoms with E-state index in [1.807, 2.05) is 37.8 Å². The molecule has 2 amide bonds. The van der Waals surface area contributed by atoms with Gasteiger partial charge in [-0.15, -0.1) is 0 Å². The number of nitrogens with zero attached hydrogens (tertiary/aromatic N) is 3. The molecule has 1 heterocycles. The average Bonchev–Trinajstić information content (AvgIpc) is 3.73. The van der Waals surface area contributed by atoms with Crippen molar-refractivity contribution in [3.8, 4) is 0 Å². The number of aliphatic imine (C=N–C) groups is 1. The summed E-state index contributed by atoms with van der Waals surface area (Å²) in [5.74, 6) is -0.0950. The number of likely N-dealkylation sites (tertiary alicyclic amines) is 1. The number of benzene rings is 2. The second-order valence-corrected chi connectivity index (χ2v) is 11.7. The summed E-state index contributed by atoms with van der Waals surface area (Å²) < 4.78 is 10.5. The van der Waals surface area contributed by atoms with E-state index in [4.69, 9.17) is 15.2 Å². The van der Waals surface area contributed by atoms with Crippen LogP contribution in [0.15, 0.2) is 65.8 Å².